The molecule has 0 bridgehead atoms. The molecule has 0 aliphatic heterocycles. The number of benzene rings is 1. The summed E-state index contributed by atoms with van der Waals surface area (Å²) in [5, 5.41) is 11.8. The molecule has 2 atom stereocenters. The van der Waals surface area contributed by atoms with Crippen molar-refractivity contribution in [2.24, 2.45) is 5.92 Å². The second-order valence-corrected chi connectivity index (χ2v) is 5.44. The number of amides is 1. The van der Waals surface area contributed by atoms with Crippen LogP contribution in [0.15, 0.2) is 24.3 Å². The van der Waals surface area contributed by atoms with Crippen molar-refractivity contribution in [1.29, 1.82) is 0 Å². The summed E-state index contributed by atoms with van der Waals surface area (Å²) in [4.78, 5) is 23.3. The summed E-state index contributed by atoms with van der Waals surface area (Å²) < 4.78 is 5.53. The Bertz CT molecular complexity index is 501. The zero-order valence-electron chi connectivity index (χ0n) is 13.5. The van der Waals surface area contributed by atoms with Crippen molar-refractivity contribution in [2.45, 2.75) is 46.1 Å². The molecule has 122 valence electrons. The summed E-state index contributed by atoms with van der Waals surface area (Å²) in [6.45, 7) is 6.38. The fourth-order valence-corrected chi connectivity index (χ4v) is 2.06. The predicted molar refractivity (Wildman–Crippen MR) is 85.0 cm³/mol. The van der Waals surface area contributed by atoms with E-state index in [9.17, 15) is 14.7 Å². The van der Waals surface area contributed by atoms with Crippen LogP contribution in [0, 0.1) is 5.92 Å². The van der Waals surface area contributed by atoms with Gasteiger partial charge in [-0.3, -0.25) is 4.79 Å². The van der Waals surface area contributed by atoms with Crippen LogP contribution in [0.2, 0.25) is 0 Å². The molecule has 1 rings (SSSR count). The van der Waals surface area contributed by atoms with Gasteiger partial charge in [0.05, 0.1) is 13.0 Å². The summed E-state index contributed by atoms with van der Waals surface area (Å²) in [5.74, 6) is -0.674. The molecule has 1 aromatic carbocycles. The first-order valence-corrected chi connectivity index (χ1v) is 7.71. The van der Waals surface area contributed by atoms with Gasteiger partial charge in [-0.25, -0.2) is 4.79 Å². The Morgan fingerprint density at radius 1 is 1.32 bits per heavy atom. The van der Waals surface area contributed by atoms with E-state index in [1.165, 1.54) is 0 Å². The van der Waals surface area contributed by atoms with Crippen molar-refractivity contribution >= 4 is 11.9 Å². The van der Waals surface area contributed by atoms with Gasteiger partial charge in [0.1, 0.15) is 11.8 Å². The van der Waals surface area contributed by atoms with Gasteiger partial charge in [-0.05, 0) is 30.0 Å². The Morgan fingerprint density at radius 3 is 2.64 bits per heavy atom. The summed E-state index contributed by atoms with van der Waals surface area (Å²) in [6, 6.07) is 6.47. The Morgan fingerprint density at radius 2 is 2.05 bits per heavy atom. The smallest absolute Gasteiger partial charge is 0.326 e. The van der Waals surface area contributed by atoms with Crippen LogP contribution in [0.4, 0.5) is 0 Å². The zero-order valence-corrected chi connectivity index (χ0v) is 13.5. The predicted octanol–water partition coefficient (Wildman–Crippen LogP) is 2.63. The number of aliphatic carboxylic acids is 1. The van der Waals surface area contributed by atoms with Crippen molar-refractivity contribution in [3.8, 4) is 5.75 Å². The first kappa shape index (κ1) is 18.0. The van der Waals surface area contributed by atoms with Crippen LogP contribution in [-0.4, -0.2) is 29.6 Å². The van der Waals surface area contributed by atoms with Gasteiger partial charge >= 0.3 is 5.97 Å². The van der Waals surface area contributed by atoms with E-state index in [4.69, 9.17) is 4.74 Å². The van der Waals surface area contributed by atoms with E-state index >= 15 is 0 Å². The minimum atomic E-state index is -0.997. The maximum absolute atomic E-state index is 12.1. The molecule has 0 aromatic heterocycles. The van der Waals surface area contributed by atoms with Gasteiger partial charge in [-0.15, -0.1) is 0 Å². The molecule has 1 aromatic rings. The lowest BCUT2D eigenvalue weighted by molar-refractivity contribution is -0.143. The Kier molecular flexibility index (Phi) is 7.43. The molecule has 0 fully saturated rings. The summed E-state index contributed by atoms with van der Waals surface area (Å²) in [6.07, 6.45) is 1.75. The normalized spacial score (nSPS) is 13.2. The van der Waals surface area contributed by atoms with E-state index in [1.807, 2.05) is 45.0 Å². The number of nitrogens with one attached hydrogen (secondary N) is 1. The molecule has 0 radical (unpaired) electrons. The molecule has 22 heavy (non-hydrogen) atoms. The number of carbonyl (C=O) groups is 2. The van der Waals surface area contributed by atoms with Gasteiger partial charge in [0.2, 0.25) is 5.91 Å². The molecule has 0 saturated heterocycles. The number of carbonyl (C=O) groups excluding carboxylic acids is 1. The second kappa shape index (κ2) is 9.07. The molecule has 0 spiro atoms. The maximum atomic E-state index is 12.1. The number of carboxylic acids is 1. The quantitative estimate of drug-likeness (QED) is 0.735. The highest BCUT2D eigenvalue weighted by Gasteiger charge is 2.25. The first-order valence-electron chi connectivity index (χ1n) is 7.71. The molecule has 5 nitrogen and oxygen atoms in total. The molecule has 0 aliphatic rings. The zero-order chi connectivity index (χ0) is 16.5. The standard InChI is InChI=1S/C17H25NO4/c1-4-9-22-14-8-6-7-13(10-14)11-15(19)18-16(17(20)21)12(3)5-2/h6-8,10,12,16H,4-5,9,11H2,1-3H3,(H,18,19)(H,20,21)/t12-,16-/m0/s1. The lowest BCUT2D eigenvalue weighted by Gasteiger charge is -2.20. The highest BCUT2D eigenvalue weighted by molar-refractivity contribution is 5.85. The van der Waals surface area contributed by atoms with Crippen LogP contribution in [-0.2, 0) is 16.0 Å². The minimum Gasteiger partial charge on any atom is -0.494 e. The van der Waals surface area contributed by atoms with Crippen molar-refractivity contribution in [1.82, 2.24) is 5.32 Å². The van der Waals surface area contributed by atoms with E-state index in [1.54, 1.807) is 0 Å². The lowest BCUT2D eigenvalue weighted by Crippen LogP contribution is -2.45. The van der Waals surface area contributed by atoms with Gasteiger partial charge in [0, 0.05) is 0 Å². The van der Waals surface area contributed by atoms with E-state index in [0.717, 1.165) is 17.7 Å². The third-order valence-corrected chi connectivity index (χ3v) is 3.53. The highest BCUT2D eigenvalue weighted by atomic mass is 16.5. The van der Waals surface area contributed by atoms with Gasteiger partial charge < -0.3 is 15.2 Å². The van der Waals surface area contributed by atoms with Crippen molar-refractivity contribution in [2.75, 3.05) is 6.61 Å². The molecule has 0 heterocycles. The largest absolute Gasteiger partial charge is 0.494 e. The van der Waals surface area contributed by atoms with E-state index in [0.29, 0.717) is 13.0 Å². The number of rotatable bonds is 9. The third-order valence-electron chi connectivity index (χ3n) is 3.53. The average Bonchev–Trinajstić information content (AvgIpc) is 2.50. The fraction of sp³-hybridized carbons (Fsp3) is 0.529. The van der Waals surface area contributed by atoms with Crippen LogP contribution >= 0.6 is 0 Å². The molecule has 1 amide bonds. The first-order chi connectivity index (χ1) is 10.5. The topological polar surface area (TPSA) is 75.6 Å². The molecule has 2 N–H and O–H groups in total. The van der Waals surface area contributed by atoms with Gasteiger partial charge in [-0.1, -0.05) is 39.3 Å². The summed E-state index contributed by atoms with van der Waals surface area (Å²) in [5.41, 5.74) is 0.805. The monoisotopic (exact) mass is 307 g/mol. The fourth-order valence-electron chi connectivity index (χ4n) is 2.06. The Balaban J connectivity index is 2.65. The molecule has 0 saturated carbocycles. The van der Waals surface area contributed by atoms with Crippen LogP contribution in [0.3, 0.4) is 0 Å². The van der Waals surface area contributed by atoms with Crippen molar-refractivity contribution in [3.05, 3.63) is 29.8 Å². The SMILES string of the molecule is CCCOc1cccc(CC(=O)N[C@H](C(=O)O)[C@@H](C)CC)c1. The minimum absolute atomic E-state index is 0.110. The number of carboxylic acid groups (broad SMARTS) is 1. The van der Waals surface area contributed by atoms with Gasteiger partial charge in [0.15, 0.2) is 0 Å². The van der Waals surface area contributed by atoms with Gasteiger partial charge in [0.25, 0.3) is 0 Å². The average molecular weight is 307 g/mol. The second-order valence-electron chi connectivity index (χ2n) is 5.44. The van der Waals surface area contributed by atoms with Crippen LogP contribution in [0.25, 0.3) is 0 Å². The Labute approximate surface area is 131 Å². The van der Waals surface area contributed by atoms with E-state index in [2.05, 4.69) is 5.32 Å². The number of hydrogen-bond donors (Lipinski definition) is 2. The number of ether oxygens (including phenoxy) is 1. The molecular formula is C17H25NO4. The summed E-state index contributed by atoms with van der Waals surface area (Å²) >= 11 is 0. The Hall–Kier alpha value is -2.04. The van der Waals surface area contributed by atoms with Crippen molar-refractivity contribution < 1.29 is 19.4 Å². The molecule has 0 aliphatic carbocycles. The van der Waals surface area contributed by atoms with Crippen molar-refractivity contribution in [3.63, 3.8) is 0 Å². The van der Waals surface area contributed by atoms with Gasteiger partial charge in [-0.2, -0.15) is 0 Å². The lowest BCUT2D eigenvalue weighted by atomic mass is 9.99. The molecule has 0 unspecified atom stereocenters. The summed E-state index contributed by atoms with van der Waals surface area (Å²) in [7, 11) is 0. The number of hydrogen-bond acceptors (Lipinski definition) is 3. The maximum Gasteiger partial charge on any atom is 0.326 e. The van der Waals surface area contributed by atoms with Crippen LogP contribution in [0.5, 0.6) is 5.75 Å². The molecule has 5 heteroatoms. The molecular weight excluding hydrogens is 282 g/mol. The highest BCUT2D eigenvalue weighted by Crippen LogP contribution is 2.14. The van der Waals surface area contributed by atoms with E-state index < -0.39 is 12.0 Å². The third kappa shape index (κ3) is 5.76. The van der Waals surface area contributed by atoms with Crippen LogP contribution < -0.4 is 10.1 Å². The van der Waals surface area contributed by atoms with Crippen LogP contribution in [0.1, 0.15) is 39.2 Å². The van der Waals surface area contributed by atoms with E-state index in [-0.39, 0.29) is 18.2 Å².